The number of nitrogens with zero attached hydrogens (tertiary/aromatic N) is 3. The lowest BCUT2D eigenvalue weighted by atomic mass is 10.0. The molecule has 0 aliphatic carbocycles. The maximum Gasteiger partial charge on any atom is 0.534 e. The zero-order valence-electron chi connectivity index (χ0n) is 38.0. The summed E-state index contributed by atoms with van der Waals surface area (Å²) in [6.45, 7) is 0. The predicted molar refractivity (Wildman–Crippen MR) is 284 cm³/mol. The summed E-state index contributed by atoms with van der Waals surface area (Å²) in [5.74, 6) is -0.439. The van der Waals surface area contributed by atoms with E-state index in [0.717, 1.165) is 99.8 Å². The van der Waals surface area contributed by atoms with Crippen LogP contribution in [-0.4, -0.2) is 23.1 Å². The molecule has 13 rings (SSSR count). The molecule has 0 fully saturated rings. The number of halogens is 3. The molecular formula is C61H38F3N3O4S. The van der Waals surface area contributed by atoms with Crippen molar-refractivity contribution in [2.75, 3.05) is 4.90 Å². The number of hydrogen-bond donors (Lipinski definition) is 0. The van der Waals surface area contributed by atoms with Gasteiger partial charge in [0.2, 0.25) is 0 Å². The van der Waals surface area contributed by atoms with Gasteiger partial charge in [-0.1, -0.05) is 121 Å². The van der Waals surface area contributed by atoms with Crippen LogP contribution in [0, 0.1) is 0 Å². The predicted octanol–water partition coefficient (Wildman–Crippen LogP) is 16.8. The standard InChI is InChI=1S/C61H38F3N3O4S/c62-61(63,64)72(68,69)71-47-35-33-46(34-36-47)67-57-18-7-3-12-51(57)54-38-41(24-37-58(54)67)39-20-25-42(26-21-39)65(43-27-22-40(23-28-43)48-14-9-15-53-52-13-4-8-19-59(52)70-60(48)53)44-29-31-45(32-30-44)66-55-16-5-1-10-49(55)50-11-2-6-17-56(50)66/h1-38H. The number of furan rings is 1. The van der Waals surface area contributed by atoms with Crippen molar-refractivity contribution in [2.24, 2.45) is 0 Å². The van der Waals surface area contributed by atoms with Gasteiger partial charge in [-0.25, -0.2) is 0 Å². The Bertz CT molecular complexity index is 4300. The number of fused-ring (bicyclic) bond motifs is 9. The molecule has 0 saturated heterocycles. The van der Waals surface area contributed by atoms with E-state index in [4.69, 9.17) is 4.42 Å². The van der Waals surface area contributed by atoms with E-state index in [2.05, 4.69) is 165 Å². The number of rotatable bonds is 9. The number of hydrogen-bond acceptors (Lipinski definition) is 5. The van der Waals surface area contributed by atoms with Gasteiger partial charge in [0, 0.05) is 66.3 Å². The quantitative estimate of drug-likeness (QED) is 0.106. The minimum Gasteiger partial charge on any atom is -0.455 e. The number of aromatic nitrogens is 2. The van der Waals surface area contributed by atoms with Gasteiger partial charge < -0.3 is 22.6 Å². The first-order valence-corrected chi connectivity index (χ1v) is 24.6. The third-order valence-electron chi connectivity index (χ3n) is 13.5. The summed E-state index contributed by atoms with van der Waals surface area (Å²) in [5, 5.41) is 6.51. The highest BCUT2D eigenvalue weighted by atomic mass is 32.2. The van der Waals surface area contributed by atoms with Gasteiger partial charge in [-0.15, -0.1) is 0 Å². The molecule has 0 aliphatic heterocycles. The average Bonchev–Trinajstić information content (AvgIpc) is 4.07. The Balaban J connectivity index is 0.875. The lowest BCUT2D eigenvalue weighted by Crippen LogP contribution is -2.28. The molecule has 11 heteroatoms. The second kappa shape index (κ2) is 16.5. The molecule has 13 aromatic rings. The van der Waals surface area contributed by atoms with Crippen molar-refractivity contribution in [1.82, 2.24) is 9.13 Å². The van der Waals surface area contributed by atoms with Crippen LogP contribution in [0.1, 0.15) is 0 Å². The fraction of sp³-hybridized carbons (Fsp3) is 0.0164. The van der Waals surface area contributed by atoms with Crippen LogP contribution in [0.4, 0.5) is 30.2 Å². The van der Waals surface area contributed by atoms with E-state index in [1.807, 2.05) is 59.2 Å². The lowest BCUT2D eigenvalue weighted by Gasteiger charge is -2.26. The third kappa shape index (κ3) is 7.07. The van der Waals surface area contributed by atoms with Gasteiger partial charge in [0.1, 0.15) is 16.9 Å². The number of para-hydroxylation sites is 5. The molecule has 0 unspecified atom stereocenters. The van der Waals surface area contributed by atoms with E-state index in [1.165, 1.54) is 35.0 Å². The zero-order valence-corrected chi connectivity index (χ0v) is 38.8. The summed E-state index contributed by atoms with van der Waals surface area (Å²) in [4.78, 5) is 2.26. The van der Waals surface area contributed by atoms with E-state index in [0.29, 0.717) is 5.69 Å². The normalized spacial score (nSPS) is 12.2. The van der Waals surface area contributed by atoms with Crippen LogP contribution < -0.4 is 9.08 Å². The maximum absolute atomic E-state index is 13.0. The van der Waals surface area contributed by atoms with Crippen LogP contribution in [0.25, 0.3) is 99.2 Å². The largest absolute Gasteiger partial charge is 0.534 e. The van der Waals surface area contributed by atoms with E-state index >= 15 is 0 Å². The molecule has 348 valence electrons. The Morgan fingerprint density at radius 1 is 0.417 bits per heavy atom. The molecule has 0 bridgehead atoms. The molecule has 10 aromatic carbocycles. The molecule has 0 amide bonds. The van der Waals surface area contributed by atoms with Crippen LogP contribution in [0.15, 0.2) is 235 Å². The molecular weight excluding hydrogens is 928 g/mol. The molecule has 3 aromatic heterocycles. The van der Waals surface area contributed by atoms with Gasteiger partial charge in [-0.05, 0) is 126 Å². The van der Waals surface area contributed by atoms with E-state index < -0.39 is 21.4 Å². The lowest BCUT2D eigenvalue weighted by molar-refractivity contribution is -0.0500. The smallest absolute Gasteiger partial charge is 0.455 e. The summed E-state index contributed by atoms with van der Waals surface area (Å²) in [6.07, 6.45) is 0. The van der Waals surface area contributed by atoms with Gasteiger partial charge in [0.15, 0.2) is 0 Å². The maximum atomic E-state index is 13.0. The summed E-state index contributed by atoms with van der Waals surface area (Å²) in [7, 11) is -5.81. The van der Waals surface area contributed by atoms with Crippen molar-refractivity contribution in [3.63, 3.8) is 0 Å². The fourth-order valence-corrected chi connectivity index (χ4v) is 10.7. The first-order chi connectivity index (χ1) is 35.1. The molecule has 72 heavy (non-hydrogen) atoms. The molecule has 7 nitrogen and oxygen atoms in total. The minimum atomic E-state index is -5.81. The zero-order chi connectivity index (χ0) is 48.7. The van der Waals surface area contributed by atoms with Crippen LogP contribution >= 0.6 is 0 Å². The third-order valence-corrected chi connectivity index (χ3v) is 14.5. The molecule has 0 spiro atoms. The second-order valence-electron chi connectivity index (χ2n) is 17.7. The number of benzene rings is 10. The van der Waals surface area contributed by atoms with Crippen molar-refractivity contribution in [3.05, 3.63) is 231 Å². The monoisotopic (exact) mass is 965 g/mol. The first-order valence-electron chi connectivity index (χ1n) is 23.2. The molecule has 0 N–H and O–H groups in total. The molecule has 0 saturated carbocycles. The van der Waals surface area contributed by atoms with E-state index in [9.17, 15) is 21.6 Å². The van der Waals surface area contributed by atoms with Crippen LogP contribution in [-0.2, 0) is 10.1 Å². The summed E-state index contributed by atoms with van der Waals surface area (Å²) >= 11 is 0. The Hall–Kier alpha value is -9.06. The van der Waals surface area contributed by atoms with Crippen molar-refractivity contribution >= 4 is 92.7 Å². The van der Waals surface area contributed by atoms with Gasteiger partial charge in [-0.2, -0.15) is 21.6 Å². The first kappa shape index (κ1) is 43.0. The van der Waals surface area contributed by atoms with Gasteiger partial charge >= 0.3 is 15.6 Å². The van der Waals surface area contributed by atoms with Crippen LogP contribution in [0.5, 0.6) is 5.75 Å². The number of anilines is 3. The van der Waals surface area contributed by atoms with E-state index in [1.54, 1.807) is 0 Å². The molecule has 0 aliphatic rings. The van der Waals surface area contributed by atoms with Crippen molar-refractivity contribution < 1.29 is 30.2 Å². The Morgan fingerprint density at radius 3 is 1.43 bits per heavy atom. The Morgan fingerprint density at radius 2 is 0.861 bits per heavy atom. The SMILES string of the molecule is O=S(=O)(Oc1ccc(-n2c3ccccc3c3cc(-c4ccc(N(c5ccc(-c6cccc7c6oc6ccccc67)cc5)c5ccc(-n6c7ccccc7c7ccccc76)cc5)cc4)ccc32)cc1)C(F)(F)F. The molecule has 0 radical (unpaired) electrons. The Kier molecular flexibility index (Phi) is 9.88. The highest BCUT2D eigenvalue weighted by Crippen LogP contribution is 2.42. The van der Waals surface area contributed by atoms with Gasteiger partial charge in [0.05, 0.1) is 22.1 Å². The van der Waals surface area contributed by atoms with E-state index in [-0.39, 0.29) is 0 Å². The van der Waals surface area contributed by atoms with Crippen molar-refractivity contribution in [2.45, 2.75) is 5.51 Å². The van der Waals surface area contributed by atoms with Crippen molar-refractivity contribution in [3.8, 4) is 39.4 Å². The summed E-state index contributed by atoms with van der Waals surface area (Å²) < 4.78 is 77.6. The summed E-state index contributed by atoms with van der Waals surface area (Å²) in [6, 6.07) is 76.9. The van der Waals surface area contributed by atoms with Gasteiger partial charge in [0.25, 0.3) is 0 Å². The number of alkyl halides is 3. The topological polar surface area (TPSA) is 69.6 Å². The molecule has 3 heterocycles. The van der Waals surface area contributed by atoms with Gasteiger partial charge in [-0.3, -0.25) is 0 Å². The average molecular weight is 966 g/mol. The minimum absolute atomic E-state index is 0.439. The summed E-state index contributed by atoms with van der Waals surface area (Å²) in [5.41, 5.74) is 8.84. The highest BCUT2D eigenvalue weighted by molar-refractivity contribution is 7.88. The van der Waals surface area contributed by atoms with Crippen molar-refractivity contribution in [1.29, 1.82) is 0 Å². The highest BCUT2D eigenvalue weighted by Gasteiger charge is 2.48. The molecule has 0 atom stereocenters. The fourth-order valence-electron chi connectivity index (χ4n) is 10.2. The second-order valence-corrected chi connectivity index (χ2v) is 19.2. The Labute approximate surface area is 410 Å². The van der Waals surface area contributed by atoms with Crippen LogP contribution in [0.2, 0.25) is 0 Å². The van der Waals surface area contributed by atoms with Crippen LogP contribution in [0.3, 0.4) is 0 Å².